The smallest absolute Gasteiger partial charge is 0.219 e. The Bertz CT molecular complexity index is 372. The number of likely N-dealkylation sites (tertiary alicyclic amines) is 1. The van der Waals surface area contributed by atoms with E-state index in [0.29, 0.717) is 5.92 Å². The third-order valence-corrected chi connectivity index (χ3v) is 3.20. The predicted molar refractivity (Wildman–Crippen MR) is 63.0 cm³/mol. The maximum Gasteiger partial charge on any atom is 0.219 e. The first-order valence-corrected chi connectivity index (χ1v) is 5.82. The van der Waals surface area contributed by atoms with Crippen LogP contribution in [0.5, 0.6) is 0 Å². The lowest BCUT2D eigenvalue weighted by molar-refractivity contribution is -0.127. The van der Waals surface area contributed by atoms with Crippen molar-refractivity contribution in [1.29, 1.82) is 0 Å². The van der Waals surface area contributed by atoms with Crippen LogP contribution in [-0.4, -0.2) is 28.9 Å². The molecule has 1 aromatic rings. The summed E-state index contributed by atoms with van der Waals surface area (Å²) in [7, 11) is 0. The molecule has 3 nitrogen and oxygen atoms in total. The molecule has 0 aliphatic carbocycles. The fourth-order valence-corrected chi connectivity index (χ4v) is 2.20. The first-order valence-electron chi connectivity index (χ1n) is 5.82. The van der Waals surface area contributed by atoms with Crippen LogP contribution in [0.4, 0.5) is 0 Å². The third-order valence-electron chi connectivity index (χ3n) is 3.20. The molecule has 1 amide bonds. The van der Waals surface area contributed by atoms with Crippen LogP contribution in [-0.2, 0) is 11.2 Å². The number of carbonyl (C=O) groups is 1. The molecule has 0 spiro atoms. The average Bonchev–Trinajstić information content (AvgIpc) is 2.70. The summed E-state index contributed by atoms with van der Waals surface area (Å²) < 4.78 is 0. The van der Waals surface area contributed by atoms with E-state index in [-0.39, 0.29) is 5.91 Å². The van der Waals surface area contributed by atoms with E-state index in [4.69, 9.17) is 0 Å². The quantitative estimate of drug-likeness (QED) is 0.758. The molecule has 0 N–H and O–H groups in total. The van der Waals surface area contributed by atoms with Crippen LogP contribution < -0.4 is 0 Å². The molecule has 1 aromatic heterocycles. The molecule has 16 heavy (non-hydrogen) atoms. The summed E-state index contributed by atoms with van der Waals surface area (Å²) in [5, 5.41) is 0. The lowest BCUT2D eigenvalue weighted by Crippen LogP contribution is -2.26. The summed E-state index contributed by atoms with van der Waals surface area (Å²) in [5.41, 5.74) is 2.33. The van der Waals surface area contributed by atoms with Gasteiger partial charge in [-0.25, -0.2) is 0 Å². The van der Waals surface area contributed by atoms with E-state index in [9.17, 15) is 4.79 Å². The summed E-state index contributed by atoms with van der Waals surface area (Å²) in [6.45, 7) is 5.49. The molecular formula is C13H18N2O. The molecular weight excluding hydrogens is 200 g/mol. The first kappa shape index (κ1) is 11.1. The molecule has 1 fully saturated rings. The number of rotatable bonds is 2. The summed E-state index contributed by atoms with van der Waals surface area (Å²) >= 11 is 0. The van der Waals surface area contributed by atoms with Crippen LogP contribution in [0.3, 0.4) is 0 Å². The Hall–Kier alpha value is -1.38. The van der Waals surface area contributed by atoms with Gasteiger partial charge in [0.15, 0.2) is 0 Å². The summed E-state index contributed by atoms with van der Waals surface area (Å²) in [5.74, 6) is 0.776. The number of amides is 1. The van der Waals surface area contributed by atoms with Gasteiger partial charge < -0.3 is 4.90 Å². The number of pyridine rings is 1. The third kappa shape index (κ3) is 2.60. The predicted octanol–water partition coefficient (Wildman–Crippen LogP) is 1.80. The van der Waals surface area contributed by atoms with Crippen LogP contribution in [0, 0.1) is 12.8 Å². The summed E-state index contributed by atoms with van der Waals surface area (Å²) in [6.07, 6.45) is 4.01. The standard InChI is InChI=1S/C13H18N2O/c1-10-3-4-13(14-8-10)7-12-5-6-15(9-12)11(2)16/h3-4,8,12H,5-7,9H2,1-2H3/t12-/m1/s1. The molecule has 1 atom stereocenters. The maximum atomic E-state index is 11.2. The minimum Gasteiger partial charge on any atom is -0.343 e. The SMILES string of the molecule is CC(=O)N1CC[C@H](Cc2ccc(C)cn2)C1. The first-order chi connectivity index (χ1) is 7.65. The van der Waals surface area contributed by atoms with Crippen molar-refractivity contribution in [1.82, 2.24) is 9.88 Å². The van der Waals surface area contributed by atoms with Crippen LogP contribution in [0.25, 0.3) is 0 Å². The maximum absolute atomic E-state index is 11.2. The second-order valence-corrected chi connectivity index (χ2v) is 4.65. The molecule has 0 bridgehead atoms. The number of carbonyl (C=O) groups excluding carboxylic acids is 1. The van der Waals surface area contributed by atoms with Gasteiger partial charge in [-0.15, -0.1) is 0 Å². The van der Waals surface area contributed by atoms with Crippen LogP contribution >= 0.6 is 0 Å². The topological polar surface area (TPSA) is 33.2 Å². The van der Waals surface area contributed by atoms with E-state index >= 15 is 0 Å². The number of hydrogen-bond acceptors (Lipinski definition) is 2. The minimum atomic E-state index is 0.194. The Morgan fingerprint density at radius 3 is 2.94 bits per heavy atom. The highest BCUT2D eigenvalue weighted by atomic mass is 16.2. The number of aromatic nitrogens is 1. The van der Waals surface area contributed by atoms with E-state index in [1.165, 1.54) is 5.56 Å². The summed E-state index contributed by atoms with van der Waals surface area (Å²) in [4.78, 5) is 17.5. The van der Waals surface area contributed by atoms with Crippen molar-refractivity contribution in [2.75, 3.05) is 13.1 Å². The van der Waals surface area contributed by atoms with Gasteiger partial charge in [-0.2, -0.15) is 0 Å². The van der Waals surface area contributed by atoms with Crippen LogP contribution in [0.15, 0.2) is 18.3 Å². The van der Waals surface area contributed by atoms with Gasteiger partial charge in [0, 0.05) is 31.9 Å². The highest BCUT2D eigenvalue weighted by Gasteiger charge is 2.24. The van der Waals surface area contributed by atoms with Gasteiger partial charge in [0.05, 0.1) is 0 Å². The number of hydrogen-bond donors (Lipinski definition) is 0. The van der Waals surface area contributed by atoms with Gasteiger partial charge >= 0.3 is 0 Å². The van der Waals surface area contributed by atoms with Crippen molar-refractivity contribution < 1.29 is 4.79 Å². The molecule has 0 radical (unpaired) electrons. The van der Waals surface area contributed by atoms with E-state index in [1.807, 2.05) is 18.0 Å². The number of nitrogens with zero attached hydrogens (tertiary/aromatic N) is 2. The molecule has 2 rings (SSSR count). The van der Waals surface area contributed by atoms with Crippen molar-refractivity contribution in [2.45, 2.75) is 26.7 Å². The largest absolute Gasteiger partial charge is 0.343 e. The Morgan fingerprint density at radius 1 is 1.56 bits per heavy atom. The lowest BCUT2D eigenvalue weighted by Gasteiger charge is -2.13. The van der Waals surface area contributed by atoms with Crippen LogP contribution in [0.2, 0.25) is 0 Å². The van der Waals surface area contributed by atoms with Crippen LogP contribution in [0.1, 0.15) is 24.6 Å². The van der Waals surface area contributed by atoms with Gasteiger partial charge in [-0.05, 0) is 37.3 Å². The highest BCUT2D eigenvalue weighted by Crippen LogP contribution is 2.20. The van der Waals surface area contributed by atoms with Gasteiger partial charge in [-0.3, -0.25) is 9.78 Å². The molecule has 0 saturated carbocycles. The fourth-order valence-electron chi connectivity index (χ4n) is 2.20. The second kappa shape index (κ2) is 4.64. The minimum absolute atomic E-state index is 0.194. The molecule has 1 saturated heterocycles. The Kier molecular flexibility index (Phi) is 3.22. The van der Waals surface area contributed by atoms with Crippen molar-refractivity contribution in [3.63, 3.8) is 0 Å². The normalized spacial score (nSPS) is 20.1. The lowest BCUT2D eigenvalue weighted by atomic mass is 10.0. The van der Waals surface area contributed by atoms with E-state index < -0.39 is 0 Å². The van der Waals surface area contributed by atoms with E-state index in [2.05, 4.69) is 17.1 Å². The second-order valence-electron chi connectivity index (χ2n) is 4.65. The van der Waals surface area contributed by atoms with Crippen molar-refractivity contribution in [3.05, 3.63) is 29.6 Å². The van der Waals surface area contributed by atoms with E-state index in [1.54, 1.807) is 6.92 Å². The molecule has 1 aliphatic heterocycles. The monoisotopic (exact) mass is 218 g/mol. The van der Waals surface area contributed by atoms with Gasteiger partial charge in [-0.1, -0.05) is 6.07 Å². The zero-order chi connectivity index (χ0) is 11.5. The molecule has 0 aromatic carbocycles. The molecule has 0 unspecified atom stereocenters. The fraction of sp³-hybridized carbons (Fsp3) is 0.538. The van der Waals surface area contributed by atoms with Gasteiger partial charge in [0.2, 0.25) is 5.91 Å². The zero-order valence-corrected chi connectivity index (χ0v) is 9.94. The van der Waals surface area contributed by atoms with Gasteiger partial charge in [0.1, 0.15) is 0 Å². The zero-order valence-electron chi connectivity index (χ0n) is 9.94. The van der Waals surface area contributed by atoms with Crippen molar-refractivity contribution in [3.8, 4) is 0 Å². The van der Waals surface area contributed by atoms with E-state index in [0.717, 1.165) is 31.6 Å². The molecule has 3 heteroatoms. The highest BCUT2D eigenvalue weighted by molar-refractivity contribution is 5.73. The molecule has 2 heterocycles. The summed E-state index contributed by atoms with van der Waals surface area (Å²) in [6, 6.07) is 4.19. The van der Waals surface area contributed by atoms with Crippen molar-refractivity contribution in [2.24, 2.45) is 5.92 Å². The van der Waals surface area contributed by atoms with Crippen molar-refractivity contribution >= 4 is 5.91 Å². The Morgan fingerprint density at radius 2 is 2.38 bits per heavy atom. The Balaban J connectivity index is 1.92. The average molecular weight is 218 g/mol. The Labute approximate surface area is 96.5 Å². The molecule has 86 valence electrons. The van der Waals surface area contributed by atoms with Gasteiger partial charge in [0.25, 0.3) is 0 Å². The number of aryl methyl sites for hydroxylation is 1. The molecule has 1 aliphatic rings.